The van der Waals surface area contributed by atoms with Crippen LogP contribution in [0.15, 0.2) is 24.3 Å². The minimum absolute atomic E-state index is 0.0328. The lowest BCUT2D eigenvalue weighted by molar-refractivity contribution is -0.117. The molecular formula is C17H23N3O2. The van der Waals surface area contributed by atoms with Crippen molar-refractivity contribution in [2.45, 2.75) is 31.7 Å². The van der Waals surface area contributed by atoms with E-state index in [0.29, 0.717) is 5.56 Å². The first kappa shape index (κ1) is 15.0. The number of hydrogen-bond donors (Lipinski definition) is 2. The third kappa shape index (κ3) is 3.85. The van der Waals surface area contributed by atoms with E-state index in [4.69, 9.17) is 0 Å². The highest BCUT2D eigenvalue weighted by Gasteiger charge is 2.29. The second-order valence-corrected chi connectivity index (χ2v) is 6.39. The van der Waals surface area contributed by atoms with Gasteiger partial charge in [0.2, 0.25) is 5.91 Å². The molecule has 3 rings (SSSR count). The molecule has 22 heavy (non-hydrogen) atoms. The average molecular weight is 301 g/mol. The molecule has 1 aliphatic heterocycles. The molecule has 2 aliphatic rings. The normalized spacial score (nSPS) is 19.7. The van der Waals surface area contributed by atoms with Crippen molar-refractivity contribution in [3.8, 4) is 0 Å². The van der Waals surface area contributed by atoms with Gasteiger partial charge < -0.3 is 15.5 Å². The molecule has 0 bridgehead atoms. The van der Waals surface area contributed by atoms with Crippen LogP contribution in [0.5, 0.6) is 0 Å². The molecule has 1 heterocycles. The topological polar surface area (TPSA) is 61.4 Å². The molecule has 5 heteroatoms. The molecule has 0 radical (unpaired) electrons. The Morgan fingerprint density at radius 3 is 2.27 bits per heavy atom. The van der Waals surface area contributed by atoms with Gasteiger partial charge in [-0.2, -0.15) is 0 Å². The molecule has 1 saturated heterocycles. The van der Waals surface area contributed by atoms with Crippen molar-refractivity contribution in [1.29, 1.82) is 0 Å². The fourth-order valence-corrected chi connectivity index (χ4v) is 2.72. The van der Waals surface area contributed by atoms with E-state index in [2.05, 4.69) is 22.6 Å². The van der Waals surface area contributed by atoms with Gasteiger partial charge in [0.1, 0.15) is 0 Å². The van der Waals surface area contributed by atoms with Crippen molar-refractivity contribution in [2.75, 3.05) is 25.5 Å². The first-order valence-electron chi connectivity index (χ1n) is 8.02. The fraction of sp³-hybridized carbons (Fsp3) is 0.529. The zero-order chi connectivity index (χ0) is 15.5. The summed E-state index contributed by atoms with van der Waals surface area (Å²) >= 11 is 0. The summed E-state index contributed by atoms with van der Waals surface area (Å²) in [6.07, 6.45) is 3.97. The number of nitrogens with zero attached hydrogens (tertiary/aromatic N) is 1. The van der Waals surface area contributed by atoms with Crippen LogP contribution in [0.2, 0.25) is 0 Å². The first-order chi connectivity index (χ1) is 10.6. The lowest BCUT2D eigenvalue weighted by Gasteiger charge is -2.29. The summed E-state index contributed by atoms with van der Waals surface area (Å²) in [5, 5.41) is 5.97. The zero-order valence-corrected chi connectivity index (χ0v) is 13.0. The van der Waals surface area contributed by atoms with E-state index in [0.717, 1.165) is 44.5 Å². The van der Waals surface area contributed by atoms with Crippen molar-refractivity contribution < 1.29 is 9.59 Å². The van der Waals surface area contributed by atoms with Gasteiger partial charge in [0, 0.05) is 23.2 Å². The van der Waals surface area contributed by atoms with Gasteiger partial charge in [-0.1, -0.05) is 0 Å². The highest BCUT2D eigenvalue weighted by Crippen LogP contribution is 2.30. The van der Waals surface area contributed by atoms with Crippen LogP contribution in [0.1, 0.15) is 36.0 Å². The monoisotopic (exact) mass is 301 g/mol. The Balaban J connectivity index is 1.52. The van der Waals surface area contributed by atoms with Crippen molar-refractivity contribution in [2.24, 2.45) is 5.92 Å². The molecule has 0 atom stereocenters. The van der Waals surface area contributed by atoms with Crippen molar-refractivity contribution in [3.63, 3.8) is 0 Å². The average Bonchev–Trinajstić information content (AvgIpc) is 3.35. The number of amides is 2. The number of carbonyl (C=O) groups is 2. The van der Waals surface area contributed by atoms with Crippen LogP contribution < -0.4 is 10.6 Å². The third-order valence-electron chi connectivity index (χ3n) is 4.42. The number of hydrogen-bond acceptors (Lipinski definition) is 3. The quantitative estimate of drug-likeness (QED) is 0.892. The number of piperidine rings is 1. The molecule has 1 aromatic rings. The zero-order valence-electron chi connectivity index (χ0n) is 13.0. The van der Waals surface area contributed by atoms with Crippen LogP contribution in [0.4, 0.5) is 5.69 Å². The number of anilines is 1. The number of likely N-dealkylation sites (tertiary alicyclic amines) is 1. The lowest BCUT2D eigenvalue weighted by Crippen LogP contribution is -2.43. The maximum absolute atomic E-state index is 12.2. The standard InChI is InChI=1S/C17H23N3O2/c1-20-10-8-15(9-11-20)19-17(22)13-4-6-14(7-5-13)18-16(21)12-2-3-12/h4-7,12,15H,2-3,8-11H2,1H3,(H,18,21)(H,19,22). The summed E-state index contributed by atoms with van der Waals surface area (Å²) in [6, 6.07) is 7.39. The smallest absolute Gasteiger partial charge is 0.251 e. The van der Waals surface area contributed by atoms with Gasteiger partial charge in [-0.15, -0.1) is 0 Å². The minimum atomic E-state index is -0.0328. The van der Waals surface area contributed by atoms with E-state index >= 15 is 0 Å². The van der Waals surface area contributed by atoms with Crippen LogP contribution >= 0.6 is 0 Å². The minimum Gasteiger partial charge on any atom is -0.349 e. The summed E-state index contributed by atoms with van der Waals surface area (Å²) in [5.41, 5.74) is 1.40. The predicted molar refractivity (Wildman–Crippen MR) is 85.8 cm³/mol. The largest absolute Gasteiger partial charge is 0.349 e. The second kappa shape index (κ2) is 6.48. The molecule has 0 aromatic heterocycles. The van der Waals surface area contributed by atoms with Gasteiger partial charge in [-0.05, 0) is 70.1 Å². The summed E-state index contributed by atoms with van der Waals surface area (Å²) in [6.45, 7) is 2.05. The van der Waals surface area contributed by atoms with Crippen molar-refractivity contribution in [3.05, 3.63) is 29.8 Å². The van der Waals surface area contributed by atoms with Gasteiger partial charge in [0.05, 0.1) is 0 Å². The maximum Gasteiger partial charge on any atom is 0.251 e. The Labute approximate surface area is 131 Å². The number of carbonyl (C=O) groups excluding carboxylic acids is 2. The van der Waals surface area contributed by atoms with Gasteiger partial charge in [0.15, 0.2) is 0 Å². The van der Waals surface area contributed by atoms with E-state index in [1.54, 1.807) is 24.3 Å². The Morgan fingerprint density at radius 1 is 1.05 bits per heavy atom. The van der Waals surface area contributed by atoms with E-state index in [1.807, 2.05) is 0 Å². The maximum atomic E-state index is 12.2. The van der Waals surface area contributed by atoms with Crippen LogP contribution in [-0.4, -0.2) is 42.9 Å². The summed E-state index contributed by atoms with van der Waals surface area (Å²) < 4.78 is 0. The molecular weight excluding hydrogens is 278 g/mol. The number of rotatable bonds is 4. The van der Waals surface area contributed by atoms with Crippen LogP contribution in [0, 0.1) is 5.92 Å². The van der Waals surface area contributed by atoms with E-state index in [-0.39, 0.29) is 23.8 Å². The molecule has 2 amide bonds. The van der Waals surface area contributed by atoms with Crippen molar-refractivity contribution >= 4 is 17.5 Å². The van der Waals surface area contributed by atoms with Gasteiger partial charge in [-0.3, -0.25) is 9.59 Å². The molecule has 0 spiro atoms. The number of benzene rings is 1. The Bertz CT molecular complexity index is 544. The Hall–Kier alpha value is -1.88. The molecule has 1 aromatic carbocycles. The van der Waals surface area contributed by atoms with Crippen LogP contribution in [0.3, 0.4) is 0 Å². The number of nitrogens with one attached hydrogen (secondary N) is 2. The third-order valence-corrected chi connectivity index (χ3v) is 4.42. The molecule has 5 nitrogen and oxygen atoms in total. The highest BCUT2D eigenvalue weighted by molar-refractivity contribution is 5.96. The molecule has 2 N–H and O–H groups in total. The summed E-state index contributed by atoms with van der Waals surface area (Å²) in [7, 11) is 2.10. The van der Waals surface area contributed by atoms with E-state index < -0.39 is 0 Å². The molecule has 1 aliphatic carbocycles. The SMILES string of the molecule is CN1CCC(NC(=O)c2ccc(NC(=O)C3CC3)cc2)CC1. The molecule has 1 saturated carbocycles. The molecule has 2 fully saturated rings. The second-order valence-electron chi connectivity index (χ2n) is 6.39. The Morgan fingerprint density at radius 2 is 1.68 bits per heavy atom. The summed E-state index contributed by atoms with van der Waals surface area (Å²) in [5.74, 6) is 0.241. The lowest BCUT2D eigenvalue weighted by atomic mass is 10.0. The molecule has 0 unspecified atom stereocenters. The van der Waals surface area contributed by atoms with Gasteiger partial charge in [-0.25, -0.2) is 0 Å². The van der Waals surface area contributed by atoms with Crippen molar-refractivity contribution in [1.82, 2.24) is 10.2 Å². The highest BCUT2D eigenvalue weighted by atomic mass is 16.2. The van der Waals surface area contributed by atoms with E-state index in [1.165, 1.54) is 0 Å². The van der Waals surface area contributed by atoms with Gasteiger partial charge >= 0.3 is 0 Å². The fourth-order valence-electron chi connectivity index (χ4n) is 2.72. The van der Waals surface area contributed by atoms with Crippen LogP contribution in [0.25, 0.3) is 0 Å². The predicted octanol–water partition coefficient (Wildman–Crippen LogP) is 1.86. The Kier molecular flexibility index (Phi) is 4.43. The van der Waals surface area contributed by atoms with Gasteiger partial charge in [0.25, 0.3) is 5.91 Å². The van der Waals surface area contributed by atoms with E-state index in [9.17, 15) is 9.59 Å². The summed E-state index contributed by atoms with van der Waals surface area (Å²) in [4.78, 5) is 26.2. The molecule has 118 valence electrons. The van der Waals surface area contributed by atoms with Crippen LogP contribution in [-0.2, 0) is 4.79 Å². The first-order valence-corrected chi connectivity index (χ1v) is 8.02.